The van der Waals surface area contributed by atoms with E-state index in [4.69, 9.17) is 9.47 Å². The van der Waals surface area contributed by atoms with Gasteiger partial charge >= 0.3 is 0 Å². The smallest absolute Gasteiger partial charge is 0.247 e. The van der Waals surface area contributed by atoms with Crippen LogP contribution in [0.15, 0.2) is 61.2 Å². The van der Waals surface area contributed by atoms with Crippen LogP contribution in [0.2, 0.25) is 0 Å². The first kappa shape index (κ1) is 21.8. The molecule has 3 aromatic rings. The van der Waals surface area contributed by atoms with Gasteiger partial charge in [0.2, 0.25) is 11.8 Å². The molecule has 1 atom stereocenters. The van der Waals surface area contributed by atoms with Crippen molar-refractivity contribution in [1.29, 1.82) is 0 Å². The number of pyridine rings is 1. The summed E-state index contributed by atoms with van der Waals surface area (Å²) >= 11 is 0. The molecule has 2 aromatic heterocycles. The Hall–Kier alpha value is -3.88. The van der Waals surface area contributed by atoms with E-state index in [2.05, 4.69) is 15.4 Å². The molecule has 1 N–H and O–H groups in total. The van der Waals surface area contributed by atoms with Gasteiger partial charge in [0.1, 0.15) is 12.6 Å². The summed E-state index contributed by atoms with van der Waals surface area (Å²) in [4.78, 5) is 30.4. The van der Waals surface area contributed by atoms with Gasteiger partial charge in [0.15, 0.2) is 11.5 Å². The number of carbonyl (C=O) groups excluding carboxylic acids is 2. The van der Waals surface area contributed by atoms with Gasteiger partial charge < -0.3 is 19.7 Å². The van der Waals surface area contributed by atoms with Crippen molar-refractivity contribution in [2.75, 3.05) is 26.0 Å². The lowest BCUT2D eigenvalue weighted by atomic mass is 10.2. The Kier molecular flexibility index (Phi) is 7.21. The van der Waals surface area contributed by atoms with Crippen LogP contribution in [-0.4, -0.2) is 52.2 Å². The number of rotatable bonds is 9. The van der Waals surface area contributed by atoms with E-state index >= 15 is 0 Å². The van der Waals surface area contributed by atoms with E-state index in [9.17, 15) is 9.59 Å². The zero-order valence-corrected chi connectivity index (χ0v) is 17.7. The predicted molar refractivity (Wildman–Crippen MR) is 115 cm³/mol. The number of nitrogens with one attached hydrogen (secondary N) is 1. The highest BCUT2D eigenvalue weighted by Gasteiger charge is 2.21. The van der Waals surface area contributed by atoms with E-state index in [1.165, 1.54) is 4.90 Å². The van der Waals surface area contributed by atoms with Gasteiger partial charge in [-0.25, -0.2) is 0 Å². The zero-order chi connectivity index (χ0) is 22.2. The predicted octanol–water partition coefficient (Wildman–Crippen LogP) is 2.52. The number of hydrogen-bond donors (Lipinski definition) is 1. The van der Waals surface area contributed by atoms with Crippen molar-refractivity contribution in [3.63, 3.8) is 0 Å². The SMILES string of the molecule is COc1ccc(NC(=O)CN(C)C(=O)C(C)n2cccn2)cc1OCc1ccncc1. The van der Waals surface area contributed by atoms with Crippen molar-refractivity contribution in [3.8, 4) is 11.5 Å². The minimum Gasteiger partial charge on any atom is -0.493 e. The minimum atomic E-state index is -0.498. The molecule has 0 aliphatic rings. The highest BCUT2D eigenvalue weighted by molar-refractivity contribution is 5.95. The number of methoxy groups -OCH3 is 1. The lowest BCUT2D eigenvalue weighted by molar-refractivity contribution is -0.136. The summed E-state index contributed by atoms with van der Waals surface area (Å²) in [6, 6.07) is 10.1. The molecule has 2 heterocycles. The molecule has 9 heteroatoms. The van der Waals surface area contributed by atoms with Crippen molar-refractivity contribution < 1.29 is 19.1 Å². The van der Waals surface area contributed by atoms with Gasteiger partial charge in [0, 0.05) is 43.6 Å². The second kappa shape index (κ2) is 10.2. The summed E-state index contributed by atoms with van der Waals surface area (Å²) in [5, 5.41) is 6.86. The second-order valence-corrected chi connectivity index (χ2v) is 6.91. The monoisotopic (exact) mass is 423 g/mol. The van der Waals surface area contributed by atoms with E-state index in [0.29, 0.717) is 23.8 Å². The van der Waals surface area contributed by atoms with Crippen LogP contribution in [0.3, 0.4) is 0 Å². The van der Waals surface area contributed by atoms with E-state index in [1.54, 1.807) is 74.8 Å². The Morgan fingerprint density at radius 3 is 2.61 bits per heavy atom. The molecular formula is C22H25N5O4. The fourth-order valence-corrected chi connectivity index (χ4v) is 2.94. The number of aromatic nitrogens is 3. The normalized spacial score (nSPS) is 11.5. The fourth-order valence-electron chi connectivity index (χ4n) is 2.94. The van der Waals surface area contributed by atoms with Crippen LogP contribution in [0.25, 0.3) is 0 Å². The van der Waals surface area contributed by atoms with Gasteiger partial charge in [-0.2, -0.15) is 5.10 Å². The van der Waals surface area contributed by atoms with Gasteiger partial charge in [-0.15, -0.1) is 0 Å². The fraction of sp³-hybridized carbons (Fsp3) is 0.273. The molecule has 0 aliphatic heterocycles. The van der Waals surface area contributed by atoms with Crippen molar-refractivity contribution >= 4 is 17.5 Å². The lowest BCUT2D eigenvalue weighted by Crippen LogP contribution is -2.38. The maximum Gasteiger partial charge on any atom is 0.247 e. The highest BCUT2D eigenvalue weighted by Crippen LogP contribution is 2.31. The molecule has 1 unspecified atom stereocenters. The first-order chi connectivity index (χ1) is 15.0. The topological polar surface area (TPSA) is 98.6 Å². The number of benzene rings is 1. The molecule has 0 fully saturated rings. The maximum atomic E-state index is 12.5. The number of nitrogens with zero attached hydrogens (tertiary/aromatic N) is 4. The zero-order valence-electron chi connectivity index (χ0n) is 17.7. The average Bonchev–Trinajstić information content (AvgIpc) is 3.32. The van der Waals surface area contributed by atoms with Gasteiger partial charge in [-0.05, 0) is 42.8 Å². The molecule has 0 spiro atoms. The number of amides is 2. The van der Waals surface area contributed by atoms with Crippen LogP contribution < -0.4 is 14.8 Å². The Morgan fingerprint density at radius 2 is 1.94 bits per heavy atom. The van der Waals surface area contributed by atoms with Crippen molar-refractivity contribution in [2.24, 2.45) is 0 Å². The summed E-state index contributed by atoms with van der Waals surface area (Å²) in [5.41, 5.74) is 1.49. The molecule has 2 amide bonds. The van der Waals surface area contributed by atoms with Crippen LogP contribution in [0.4, 0.5) is 5.69 Å². The van der Waals surface area contributed by atoms with E-state index in [0.717, 1.165) is 5.56 Å². The van der Waals surface area contributed by atoms with Crippen LogP contribution in [0.5, 0.6) is 11.5 Å². The molecular weight excluding hydrogens is 398 g/mol. The molecule has 9 nitrogen and oxygen atoms in total. The second-order valence-electron chi connectivity index (χ2n) is 6.91. The van der Waals surface area contributed by atoms with Crippen molar-refractivity contribution in [3.05, 3.63) is 66.7 Å². The standard InChI is InChI=1S/C22H25N5O4/c1-16(27-12-4-9-24-27)22(29)26(2)14-21(28)25-18-5-6-19(30-3)20(13-18)31-15-17-7-10-23-11-8-17/h4-13,16H,14-15H2,1-3H3,(H,25,28). The third-order valence-electron chi connectivity index (χ3n) is 4.63. The first-order valence-electron chi connectivity index (χ1n) is 9.71. The van der Waals surface area contributed by atoms with Crippen LogP contribution >= 0.6 is 0 Å². The third kappa shape index (κ3) is 5.81. The summed E-state index contributed by atoms with van der Waals surface area (Å²) in [6.07, 6.45) is 6.70. The van der Waals surface area contributed by atoms with Crippen molar-refractivity contribution in [1.82, 2.24) is 19.7 Å². The average molecular weight is 423 g/mol. The number of likely N-dealkylation sites (N-methyl/N-ethyl adjacent to an activating group) is 1. The molecule has 0 bridgehead atoms. The van der Waals surface area contributed by atoms with Crippen LogP contribution in [0.1, 0.15) is 18.5 Å². The summed E-state index contributed by atoms with van der Waals surface area (Å²) in [7, 11) is 3.13. The molecule has 0 aliphatic carbocycles. The Bertz CT molecular complexity index is 1010. The molecule has 1 aromatic carbocycles. The van der Waals surface area contributed by atoms with Gasteiger partial charge in [-0.3, -0.25) is 19.3 Å². The Morgan fingerprint density at radius 1 is 1.16 bits per heavy atom. The minimum absolute atomic E-state index is 0.0936. The van der Waals surface area contributed by atoms with Crippen LogP contribution in [-0.2, 0) is 16.2 Å². The van der Waals surface area contributed by atoms with Gasteiger partial charge in [0.05, 0.1) is 13.7 Å². The lowest BCUT2D eigenvalue weighted by Gasteiger charge is -2.21. The van der Waals surface area contributed by atoms with E-state index in [-0.39, 0.29) is 18.4 Å². The molecule has 0 saturated carbocycles. The Balaban J connectivity index is 1.60. The number of hydrogen-bond acceptors (Lipinski definition) is 6. The number of carbonyl (C=O) groups is 2. The summed E-state index contributed by atoms with van der Waals surface area (Å²) in [5.74, 6) is 0.505. The van der Waals surface area contributed by atoms with Gasteiger partial charge in [0.25, 0.3) is 0 Å². The van der Waals surface area contributed by atoms with E-state index < -0.39 is 6.04 Å². The summed E-state index contributed by atoms with van der Waals surface area (Å²) < 4.78 is 12.7. The molecule has 3 rings (SSSR count). The first-order valence-corrected chi connectivity index (χ1v) is 9.71. The quantitative estimate of drug-likeness (QED) is 0.568. The summed E-state index contributed by atoms with van der Waals surface area (Å²) in [6.45, 7) is 1.97. The highest BCUT2D eigenvalue weighted by atomic mass is 16.5. The Labute approximate surface area is 180 Å². The molecule has 0 radical (unpaired) electrons. The molecule has 31 heavy (non-hydrogen) atoms. The van der Waals surface area contributed by atoms with E-state index in [1.807, 2.05) is 12.1 Å². The number of ether oxygens (including phenoxy) is 2. The van der Waals surface area contributed by atoms with Crippen LogP contribution in [0, 0.1) is 0 Å². The maximum absolute atomic E-state index is 12.5. The van der Waals surface area contributed by atoms with Crippen molar-refractivity contribution in [2.45, 2.75) is 19.6 Å². The largest absolute Gasteiger partial charge is 0.493 e. The van der Waals surface area contributed by atoms with Gasteiger partial charge in [-0.1, -0.05) is 0 Å². The molecule has 162 valence electrons. The third-order valence-corrected chi connectivity index (χ3v) is 4.63. The number of anilines is 1. The molecule has 0 saturated heterocycles.